The molecule has 10 nitrogen and oxygen atoms in total. The van der Waals surface area contributed by atoms with Crippen molar-refractivity contribution >= 4 is 17.7 Å². The Kier molecular flexibility index (Phi) is 9.37. The van der Waals surface area contributed by atoms with Crippen molar-refractivity contribution < 1.29 is 19.4 Å². The number of tetrazole rings is 1. The van der Waals surface area contributed by atoms with Gasteiger partial charge in [-0.15, -0.1) is 5.10 Å². The quantitative estimate of drug-likeness (QED) is 0.209. The summed E-state index contributed by atoms with van der Waals surface area (Å²) in [6, 6.07) is 29.0. The number of carbonyl (C=O) groups is 1. The van der Waals surface area contributed by atoms with Crippen LogP contribution >= 0.6 is 11.8 Å². The number of hydrogen-bond donors (Lipinski definition) is 2. The van der Waals surface area contributed by atoms with Gasteiger partial charge < -0.3 is 19.9 Å². The summed E-state index contributed by atoms with van der Waals surface area (Å²) in [5, 5.41) is 25.5. The highest BCUT2D eigenvalue weighted by Gasteiger charge is 2.38. The molecule has 44 heavy (non-hydrogen) atoms. The van der Waals surface area contributed by atoms with E-state index >= 15 is 0 Å². The summed E-state index contributed by atoms with van der Waals surface area (Å²) in [6.45, 7) is 2.49. The summed E-state index contributed by atoms with van der Waals surface area (Å²) in [5.41, 5.74) is 5.09. The molecular formula is C33H32N6O4S. The fourth-order valence-corrected chi connectivity index (χ4v) is 6.09. The molecule has 3 heterocycles. The minimum Gasteiger partial charge on any atom is -0.392 e. The Bertz CT molecular complexity index is 1650. The first kappa shape index (κ1) is 29.6. The highest BCUT2D eigenvalue weighted by atomic mass is 32.2. The number of nitrogens with zero attached hydrogens (tertiary/aromatic N) is 5. The molecule has 0 spiro atoms. The average Bonchev–Trinajstić information content (AvgIpc) is 3.56. The summed E-state index contributed by atoms with van der Waals surface area (Å²) < 4.78 is 14.9. The van der Waals surface area contributed by atoms with Crippen LogP contribution in [-0.4, -0.2) is 48.1 Å². The van der Waals surface area contributed by atoms with Crippen molar-refractivity contribution in [1.29, 1.82) is 0 Å². The van der Waals surface area contributed by atoms with E-state index in [1.165, 1.54) is 11.8 Å². The average molecular weight is 609 g/mol. The van der Waals surface area contributed by atoms with Crippen molar-refractivity contribution in [2.75, 3.05) is 5.75 Å². The van der Waals surface area contributed by atoms with Crippen molar-refractivity contribution in [3.8, 4) is 5.69 Å². The van der Waals surface area contributed by atoms with E-state index in [4.69, 9.17) is 9.47 Å². The van der Waals surface area contributed by atoms with Crippen LogP contribution in [0.5, 0.6) is 0 Å². The number of carbonyl (C=O) groups excluding carboxylic acids is 1. The smallest absolute Gasteiger partial charge is 0.253 e. The van der Waals surface area contributed by atoms with E-state index in [0.717, 1.165) is 27.9 Å². The first-order valence-corrected chi connectivity index (χ1v) is 15.3. The van der Waals surface area contributed by atoms with Crippen molar-refractivity contribution in [2.45, 2.75) is 43.7 Å². The van der Waals surface area contributed by atoms with Crippen LogP contribution in [0.25, 0.3) is 5.69 Å². The van der Waals surface area contributed by atoms with Crippen LogP contribution in [0.2, 0.25) is 0 Å². The molecule has 1 aliphatic heterocycles. The molecule has 2 aromatic heterocycles. The Labute approximate surface area is 259 Å². The third-order valence-corrected chi connectivity index (χ3v) is 8.58. The lowest BCUT2D eigenvalue weighted by Gasteiger charge is -2.41. The zero-order valence-corrected chi connectivity index (χ0v) is 24.9. The van der Waals surface area contributed by atoms with Gasteiger partial charge in [0.1, 0.15) is 0 Å². The van der Waals surface area contributed by atoms with Crippen LogP contribution in [0.1, 0.15) is 51.9 Å². The van der Waals surface area contributed by atoms with Gasteiger partial charge in [-0.05, 0) is 51.4 Å². The summed E-state index contributed by atoms with van der Waals surface area (Å²) in [4.78, 5) is 16.4. The second-order valence-corrected chi connectivity index (χ2v) is 11.5. The SMILES string of the molecule is CC1C(CSc2nnnn2-c2ccccc2)OC(c2ccc(CNC(=O)c3cccnc3)cc2)OC1c1ccc(CO)cc1. The minimum absolute atomic E-state index is 0.0155. The number of aromatic nitrogens is 5. The number of amides is 1. The Morgan fingerprint density at radius 2 is 1.68 bits per heavy atom. The molecule has 0 aliphatic carbocycles. The number of aliphatic hydroxyl groups is 1. The van der Waals surface area contributed by atoms with Crippen LogP contribution in [0.15, 0.2) is 109 Å². The van der Waals surface area contributed by atoms with Gasteiger partial charge in [0, 0.05) is 36.2 Å². The lowest BCUT2D eigenvalue weighted by molar-refractivity contribution is -0.268. The first-order chi connectivity index (χ1) is 21.6. The van der Waals surface area contributed by atoms with Gasteiger partial charge in [-0.25, -0.2) is 0 Å². The Hall–Kier alpha value is -4.42. The fourth-order valence-electron chi connectivity index (χ4n) is 5.04. The lowest BCUT2D eigenvalue weighted by Crippen LogP contribution is -2.38. The van der Waals surface area contributed by atoms with Gasteiger partial charge in [0.05, 0.1) is 30.1 Å². The number of nitrogens with one attached hydrogen (secondary N) is 1. The maximum absolute atomic E-state index is 12.4. The third-order valence-electron chi connectivity index (χ3n) is 7.57. The Morgan fingerprint density at radius 3 is 2.41 bits per heavy atom. The van der Waals surface area contributed by atoms with Gasteiger partial charge in [-0.3, -0.25) is 9.78 Å². The van der Waals surface area contributed by atoms with E-state index in [0.29, 0.717) is 23.0 Å². The number of rotatable bonds is 10. The molecule has 1 saturated heterocycles. The van der Waals surface area contributed by atoms with E-state index < -0.39 is 6.29 Å². The second-order valence-electron chi connectivity index (χ2n) is 10.5. The molecule has 6 rings (SSSR count). The van der Waals surface area contributed by atoms with Gasteiger partial charge in [0.2, 0.25) is 5.16 Å². The van der Waals surface area contributed by atoms with Crippen LogP contribution in [0.4, 0.5) is 0 Å². The molecule has 5 aromatic rings. The molecule has 1 fully saturated rings. The predicted octanol–water partition coefficient (Wildman–Crippen LogP) is 5.06. The summed E-state index contributed by atoms with van der Waals surface area (Å²) in [7, 11) is 0. The number of para-hydroxylation sites is 1. The fraction of sp³-hybridized carbons (Fsp3) is 0.242. The van der Waals surface area contributed by atoms with Crippen molar-refractivity contribution in [1.82, 2.24) is 30.5 Å². The lowest BCUT2D eigenvalue weighted by atomic mass is 9.91. The van der Waals surface area contributed by atoms with Gasteiger partial charge in [0.15, 0.2) is 6.29 Å². The number of benzene rings is 3. The predicted molar refractivity (Wildman–Crippen MR) is 165 cm³/mol. The zero-order valence-electron chi connectivity index (χ0n) is 24.1. The molecule has 0 radical (unpaired) electrons. The molecule has 4 unspecified atom stereocenters. The largest absolute Gasteiger partial charge is 0.392 e. The Balaban J connectivity index is 1.18. The van der Waals surface area contributed by atoms with Crippen molar-refractivity contribution in [3.05, 3.63) is 131 Å². The zero-order chi connectivity index (χ0) is 30.3. The van der Waals surface area contributed by atoms with E-state index in [9.17, 15) is 9.90 Å². The highest BCUT2D eigenvalue weighted by molar-refractivity contribution is 7.99. The molecule has 3 aromatic carbocycles. The van der Waals surface area contributed by atoms with Crippen LogP contribution in [0, 0.1) is 5.92 Å². The molecule has 1 aliphatic rings. The molecule has 4 atom stereocenters. The molecule has 0 bridgehead atoms. The number of hydrogen-bond acceptors (Lipinski definition) is 9. The van der Waals surface area contributed by atoms with E-state index in [1.807, 2.05) is 78.9 Å². The number of pyridine rings is 1. The normalized spacial score (nSPS) is 19.9. The number of ether oxygens (including phenoxy) is 2. The summed E-state index contributed by atoms with van der Waals surface area (Å²) in [6.07, 6.45) is 2.15. The van der Waals surface area contributed by atoms with Crippen molar-refractivity contribution in [2.24, 2.45) is 5.92 Å². The molecule has 224 valence electrons. The molecule has 2 N–H and O–H groups in total. The second kappa shape index (κ2) is 13.9. The van der Waals surface area contributed by atoms with E-state index in [-0.39, 0.29) is 30.6 Å². The molecule has 0 saturated carbocycles. The summed E-state index contributed by atoms with van der Waals surface area (Å²) in [5.74, 6) is 0.448. The Morgan fingerprint density at radius 1 is 0.932 bits per heavy atom. The first-order valence-electron chi connectivity index (χ1n) is 14.3. The maximum atomic E-state index is 12.4. The number of thioether (sulfide) groups is 1. The van der Waals surface area contributed by atoms with Gasteiger partial charge in [-0.1, -0.05) is 85.4 Å². The van der Waals surface area contributed by atoms with Gasteiger partial charge in [0.25, 0.3) is 5.91 Å². The number of aliphatic hydroxyl groups excluding tert-OH is 1. The van der Waals surface area contributed by atoms with Crippen LogP contribution in [-0.2, 0) is 22.6 Å². The highest BCUT2D eigenvalue weighted by Crippen LogP contribution is 2.43. The monoisotopic (exact) mass is 608 g/mol. The van der Waals surface area contributed by atoms with E-state index in [1.54, 1.807) is 29.2 Å². The topological polar surface area (TPSA) is 124 Å². The standard InChI is InChI=1S/C33H32N6O4S/c1-22-29(21-44-33-36-37-38-39(33)28-7-3-2-4-8-28)42-32(43-30(22)25-13-11-24(20-40)12-14-25)26-15-9-23(10-16-26)18-35-31(41)27-6-5-17-34-19-27/h2-17,19,22,29-30,32,40H,18,20-21H2,1H3,(H,35,41). The van der Waals surface area contributed by atoms with Crippen molar-refractivity contribution in [3.63, 3.8) is 0 Å². The summed E-state index contributed by atoms with van der Waals surface area (Å²) >= 11 is 1.54. The van der Waals surface area contributed by atoms with Gasteiger partial charge >= 0.3 is 0 Å². The molecule has 1 amide bonds. The molecule has 11 heteroatoms. The van der Waals surface area contributed by atoms with Crippen LogP contribution < -0.4 is 5.32 Å². The molecular weight excluding hydrogens is 576 g/mol. The van der Waals surface area contributed by atoms with Crippen LogP contribution in [0.3, 0.4) is 0 Å². The minimum atomic E-state index is -0.608. The maximum Gasteiger partial charge on any atom is 0.253 e. The third kappa shape index (κ3) is 6.87. The van der Waals surface area contributed by atoms with E-state index in [2.05, 4.69) is 32.7 Å². The van der Waals surface area contributed by atoms with Gasteiger partial charge in [-0.2, -0.15) is 4.68 Å².